The summed E-state index contributed by atoms with van der Waals surface area (Å²) in [6, 6.07) is 7.10. The molecule has 1 saturated heterocycles. The Balaban J connectivity index is 0.00000306. The molecule has 0 bridgehead atoms. The van der Waals surface area contributed by atoms with Gasteiger partial charge in [-0.3, -0.25) is 9.69 Å². The molecule has 0 unspecified atom stereocenters. The van der Waals surface area contributed by atoms with E-state index in [0.29, 0.717) is 17.9 Å². The molecule has 7 heteroatoms. The smallest absolute Gasteiger partial charge is 0.324 e. The molecule has 2 aliphatic heterocycles. The molecule has 4 rings (SSSR count). The zero-order valence-corrected chi connectivity index (χ0v) is 21.0. The predicted octanol–water partition coefficient (Wildman–Crippen LogP) is 4.83. The average Bonchev–Trinajstić information content (AvgIpc) is 3.04. The summed E-state index contributed by atoms with van der Waals surface area (Å²) in [6.07, 6.45) is 7.25. The number of urea groups is 1. The van der Waals surface area contributed by atoms with Crippen LogP contribution in [0.1, 0.15) is 63.5 Å². The Hall–Kier alpha value is -1.79. The van der Waals surface area contributed by atoms with Gasteiger partial charge in [0.15, 0.2) is 0 Å². The molecule has 184 valence electrons. The van der Waals surface area contributed by atoms with Gasteiger partial charge in [-0.15, -0.1) is 12.4 Å². The van der Waals surface area contributed by atoms with Gasteiger partial charge in [-0.1, -0.05) is 19.9 Å². The number of benzene rings is 1. The predicted molar refractivity (Wildman–Crippen MR) is 134 cm³/mol. The van der Waals surface area contributed by atoms with Crippen LogP contribution in [-0.4, -0.2) is 65.7 Å². The number of rotatable bonds is 7. The zero-order chi connectivity index (χ0) is 22.7. The largest absolute Gasteiger partial charge is 0.481 e. The molecule has 2 amide bonds. The minimum atomic E-state index is -0.703. The van der Waals surface area contributed by atoms with E-state index < -0.39 is 5.97 Å². The fourth-order valence-electron chi connectivity index (χ4n) is 5.83. The van der Waals surface area contributed by atoms with Crippen molar-refractivity contribution in [3.8, 4) is 0 Å². The Morgan fingerprint density at radius 1 is 1.03 bits per heavy atom. The number of carbonyl (C=O) groups excluding carboxylic acids is 1. The number of hydrogen-bond acceptors (Lipinski definition) is 3. The van der Waals surface area contributed by atoms with Crippen LogP contribution in [0.2, 0.25) is 0 Å². The zero-order valence-electron chi connectivity index (χ0n) is 20.2. The van der Waals surface area contributed by atoms with E-state index in [2.05, 4.69) is 41.8 Å². The number of nitrogens with zero attached hydrogens (tertiary/aromatic N) is 3. The average molecular weight is 478 g/mol. The lowest BCUT2D eigenvalue weighted by atomic mass is 9.83. The molecule has 1 saturated carbocycles. The number of amides is 2. The number of fused-ring (bicyclic) bond motifs is 1. The number of aliphatic carboxylic acids is 1. The Morgan fingerprint density at radius 2 is 1.73 bits per heavy atom. The molecule has 6 nitrogen and oxygen atoms in total. The number of carbonyl (C=O) groups is 2. The first-order chi connectivity index (χ1) is 15.4. The Labute approximate surface area is 204 Å². The van der Waals surface area contributed by atoms with E-state index in [1.807, 2.05) is 4.90 Å². The summed E-state index contributed by atoms with van der Waals surface area (Å²) < 4.78 is 0. The molecule has 1 aliphatic carbocycles. The van der Waals surface area contributed by atoms with E-state index in [-0.39, 0.29) is 24.9 Å². The summed E-state index contributed by atoms with van der Waals surface area (Å²) in [5, 5.41) is 8.92. The van der Waals surface area contributed by atoms with Crippen LogP contribution < -0.4 is 4.90 Å². The minimum Gasteiger partial charge on any atom is -0.481 e. The first-order valence-electron chi connectivity index (χ1n) is 12.5. The molecular weight excluding hydrogens is 438 g/mol. The molecule has 0 aromatic heterocycles. The summed E-state index contributed by atoms with van der Waals surface area (Å²) >= 11 is 0. The Bertz CT molecular complexity index is 823. The van der Waals surface area contributed by atoms with Gasteiger partial charge in [-0.05, 0) is 80.0 Å². The molecule has 0 spiro atoms. The van der Waals surface area contributed by atoms with E-state index in [0.717, 1.165) is 83.4 Å². The third kappa shape index (κ3) is 6.42. The van der Waals surface area contributed by atoms with Crippen molar-refractivity contribution in [3.05, 3.63) is 29.3 Å². The molecule has 0 radical (unpaired) electrons. The monoisotopic (exact) mass is 477 g/mol. The van der Waals surface area contributed by atoms with E-state index in [4.69, 9.17) is 5.11 Å². The van der Waals surface area contributed by atoms with Crippen molar-refractivity contribution in [1.29, 1.82) is 0 Å². The second-order valence-electron chi connectivity index (χ2n) is 10.4. The van der Waals surface area contributed by atoms with Gasteiger partial charge in [0, 0.05) is 50.9 Å². The van der Waals surface area contributed by atoms with Gasteiger partial charge in [-0.25, -0.2) is 4.79 Å². The fraction of sp³-hybridized carbons (Fsp3) is 0.692. The van der Waals surface area contributed by atoms with Gasteiger partial charge in [0.2, 0.25) is 0 Å². The molecular formula is C26H40ClN3O3. The van der Waals surface area contributed by atoms with E-state index >= 15 is 0 Å². The summed E-state index contributed by atoms with van der Waals surface area (Å²) in [5.41, 5.74) is 3.88. The summed E-state index contributed by atoms with van der Waals surface area (Å²) in [7, 11) is 0. The van der Waals surface area contributed by atoms with Crippen molar-refractivity contribution >= 4 is 30.1 Å². The molecule has 1 N–H and O–H groups in total. The van der Waals surface area contributed by atoms with E-state index in [1.54, 1.807) is 0 Å². The summed E-state index contributed by atoms with van der Waals surface area (Å²) in [5.74, 6) is 0.481. The van der Waals surface area contributed by atoms with Crippen LogP contribution in [0.3, 0.4) is 0 Å². The van der Waals surface area contributed by atoms with E-state index in [9.17, 15) is 9.59 Å². The van der Waals surface area contributed by atoms with Crippen LogP contribution in [0.25, 0.3) is 0 Å². The summed E-state index contributed by atoms with van der Waals surface area (Å²) in [4.78, 5) is 30.7. The highest BCUT2D eigenvalue weighted by atomic mass is 35.5. The molecule has 2 fully saturated rings. The third-order valence-corrected chi connectivity index (χ3v) is 7.58. The molecule has 1 aromatic carbocycles. The van der Waals surface area contributed by atoms with Crippen molar-refractivity contribution in [1.82, 2.24) is 9.80 Å². The highest BCUT2D eigenvalue weighted by molar-refractivity contribution is 5.94. The normalized spacial score (nSPS) is 23.9. The molecule has 0 atom stereocenters. The van der Waals surface area contributed by atoms with E-state index in [1.165, 1.54) is 11.1 Å². The quantitative estimate of drug-likeness (QED) is 0.610. The molecule has 2 heterocycles. The van der Waals surface area contributed by atoms with Crippen molar-refractivity contribution in [3.63, 3.8) is 0 Å². The maximum Gasteiger partial charge on any atom is 0.324 e. The van der Waals surface area contributed by atoms with Crippen LogP contribution in [0.4, 0.5) is 10.5 Å². The highest BCUT2D eigenvalue weighted by Gasteiger charge is 2.36. The van der Waals surface area contributed by atoms with Crippen molar-refractivity contribution in [2.24, 2.45) is 11.8 Å². The topological polar surface area (TPSA) is 64.1 Å². The first-order valence-corrected chi connectivity index (χ1v) is 12.5. The standard InChI is InChI=1S/C26H39N3O3.ClH/c1-19(2)18-27-13-11-21-6-9-24(17-22(21)12-14-27)29-16-15-28(26(29)32)23-7-3-20(4-8-23)5-10-25(30)31;/h6,9,17,19-20,23H,3-5,7-8,10-16,18H2,1-2H3,(H,30,31);1H. The number of hydrogen-bond donors (Lipinski definition) is 1. The van der Waals surface area contributed by atoms with Gasteiger partial charge in [0.1, 0.15) is 0 Å². The van der Waals surface area contributed by atoms with Crippen molar-refractivity contribution in [2.45, 2.75) is 71.3 Å². The van der Waals surface area contributed by atoms with Crippen LogP contribution in [0.15, 0.2) is 18.2 Å². The second-order valence-corrected chi connectivity index (χ2v) is 10.4. The van der Waals surface area contributed by atoms with Gasteiger partial charge in [0.25, 0.3) is 0 Å². The minimum absolute atomic E-state index is 0. The fourth-order valence-corrected chi connectivity index (χ4v) is 5.83. The maximum absolute atomic E-state index is 13.3. The SMILES string of the molecule is CC(C)CN1CCc2ccc(N3CCN(C4CCC(CCC(=O)O)CC4)C3=O)cc2CC1.Cl. The van der Waals surface area contributed by atoms with Crippen LogP contribution >= 0.6 is 12.4 Å². The van der Waals surface area contributed by atoms with Crippen molar-refractivity contribution in [2.75, 3.05) is 37.6 Å². The number of carboxylic acid groups (broad SMARTS) is 1. The lowest BCUT2D eigenvalue weighted by molar-refractivity contribution is -0.137. The third-order valence-electron chi connectivity index (χ3n) is 7.58. The van der Waals surface area contributed by atoms with Crippen LogP contribution in [0, 0.1) is 11.8 Å². The second kappa shape index (κ2) is 11.6. The van der Waals surface area contributed by atoms with Crippen LogP contribution in [-0.2, 0) is 17.6 Å². The molecule has 33 heavy (non-hydrogen) atoms. The first kappa shape index (κ1) is 25.8. The van der Waals surface area contributed by atoms with Crippen molar-refractivity contribution < 1.29 is 14.7 Å². The Morgan fingerprint density at radius 3 is 2.39 bits per heavy atom. The number of halogens is 1. The summed E-state index contributed by atoms with van der Waals surface area (Å²) in [6.45, 7) is 9.49. The Kier molecular flexibility index (Phi) is 9.05. The van der Waals surface area contributed by atoms with Gasteiger partial charge >= 0.3 is 12.0 Å². The number of anilines is 1. The highest BCUT2D eigenvalue weighted by Crippen LogP contribution is 2.33. The maximum atomic E-state index is 13.3. The molecule has 3 aliphatic rings. The lowest BCUT2D eigenvalue weighted by Crippen LogP contribution is -2.41. The number of carboxylic acids is 1. The van der Waals surface area contributed by atoms with Crippen LogP contribution in [0.5, 0.6) is 0 Å². The molecule has 1 aromatic rings. The van der Waals surface area contributed by atoms with Gasteiger partial charge < -0.3 is 14.9 Å². The lowest BCUT2D eigenvalue weighted by Gasteiger charge is -2.34. The van der Waals surface area contributed by atoms with Gasteiger partial charge in [-0.2, -0.15) is 0 Å². The van der Waals surface area contributed by atoms with Gasteiger partial charge in [0.05, 0.1) is 0 Å².